The van der Waals surface area contributed by atoms with Crippen LogP contribution in [0, 0.1) is 13.8 Å². The Hall–Kier alpha value is -2.76. The summed E-state index contributed by atoms with van der Waals surface area (Å²) in [7, 11) is 0. The lowest BCUT2D eigenvalue weighted by Crippen LogP contribution is -2.34. The quantitative estimate of drug-likeness (QED) is 0.891. The summed E-state index contributed by atoms with van der Waals surface area (Å²) in [6, 6.07) is 9.02. The van der Waals surface area contributed by atoms with E-state index in [-0.39, 0.29) is 0 Å². The predicted octanol–water partition coefficient (Wildman–Crippen LogP) is 1.65. The summed E-state index contributed by atoms with van der Waals surface area (Å²) in [4.78, 5) is 23.6. The molecule has 0 unspecified atom stereocenters. The summed E-state index contributed by atoms with van der Waals surface area (Å²) in [6.07, 6.45) is 0. The Bertz CT molecular complexity index is 671. The number of carbonyl (C=O) groups is 2. The number of carbonyl (C=O) groups excluding carboxylic acids is 1. The molecular formula is C15H15N3O3. The number of amides is 1. The van der Waals surface area contributed by atoms with Crippen molar-refractivity contribution in [2.75, 3.05) is 0 Å². The van der Waals surface area contributed by atoms with Gasteiger partial charge in [-0.2, -0.15) is 10.2 Å². The largest absolute Gasteiger partial charge is 0.479 e. The van der Waals surface area contributed by atoms with Gasteiger partial charge in [0.2, 0.25) is 0 Å². The maximum Gasteiger partial charge on any atom is 0.330 e. The minimum atomic E-state index is -1.12. The van der Waals surface area contributed by atoms with Crippen molar-refractivity contribution in [3.63, 3.8) is 0 Å². The highest BCUT2D eigenvalue weighted by molar-refractivity contribution is 5.97. The smallest absolute Gasteiger partial charge is 0.330 e. The molecule has 0 radical (unpaired) electrons. The zero-order chi connectivity index (χ0) is 15.4. The fourth-order valence-corrected chi connectivity index (χ4v) is 1.92. The average Bonchev–Trinajstić information content (AvgIpc) is 2.47. The van der Waals surface area contributed by atoms with Gasteiger partial charge in [0.15, 0.2) is 6.04 Å². The minimum absolute atomic E-state index is 0.324. The number of carboxylic acid groups (broad SMARTS) is 1. The molecule has 6 heteroatoms. The van der Waals surface area contributed by atoms with Crippen LogP contribution in [0.1, 0.15) is 33.4 Å². The van der Waals surface area contributed by atoms with Crippen molar-refractivity contribution >= 4 is 11.9 Å². The Balaban J connectivity index is 2.27. The number of hydrogen-bond donors (Lipinski definition) is 2. The van der Waals surface area contributed by atoms with E-state index in [9.17, 15) is 14.7 Å². The topological polar surface area (TPSA) is 92.2 Å². The maximum absolute atomic E-state index is 12.3. The molecule has 1 amide bonds. The number of aryl methyl sites for hydroxylation is 2. The molecule has 1 heterocycles. The molecule has 0 bridgehead atoms. The summed E-state index contributed by atoms with van der Waals surface area (Å²) >= 11 is 0. The third-order valence-corrected chi connectivity index (χ3v) is 3.00. The first-order chi connectivity index (χ1) is 9.99. The Kier molecular flexibility index (Phi) is 4.27. The van der Waals surface area contributed by atoms with E-state index in [1.807, 2.05) is 0 Å². The number of benzene rings is 1. The van der Waals surface area contributed by atoms with Crippen LogP contribution < -0.4 is 5.32 Å². The highest BCUT2D eigenvalue weighted by atomic mass is 16.4. The molecule has 0 aliphatic heterocycles. The van der Waals surface area contributed by atoms with Crippen LogP contribution in [0.2, 0.25) is 0 Å². The van der Waals surface area contributed by atoms with E-state index in [4.69, 9.17) is 0 Å². The predicted molar refractivity (Wildman–Crippen MR) is 75.8 cm³/mol. The van der Waals surface area contributed by atoms with Crippen LogP contribution in [0.25, 0.3) is 0 Å². The van der Waals surface area contributed by atoms with Gasteiger partial charge >= 0.3 is 5.97 Å². The molecule has 0 aliphatic carbocycles. The van der Waals surface area contributed by atoms with E-state index in [0.29, 0.717) is 22.5 Å². The molecule has 2 rings (SSSR count). The molecule has 21 heavy (non-hydrogen) atoms. The molecule has 1 aromatic carbocycles. The number of nitrogens with one attached hydrogen (secondary N) is 1. The van der Waals surface area contributed by atoms with Crippen LogP contribution in [-0.4, -0.2) is 27.2 Å². The monoisotopic (exact) mass is 285 g/mol. The normalized spacial score (nSPS) is 11.7. The standard InChI is InChI=1S/C15H15N3O3/c1-9-8-12(10(2)18-17-9)14(19)16-13(15(20)21)11-6-4-3-5-7-11/h3-8,13H,1-2H3,(H,16,19)(H,20,21)/t13-/m0/s1. The minimum Gasteiger partial charge on any atom is -0.479 e. The van der Waals surface area contributed by atoms with Gasteiger partial charge in [0, 0.05) is 0 Å². The van der Waals surface area contributed by atoms with E-state index in [1.54, 1.807) is 50.2 Å². The SMILES string of the molecule is Cc1cc(C(=O)N[C@H](C(=O)O)c2ccccc2)c(C)nn1. The van der Waals surface area contributed by atoms with Crippen LogP contribution >= 0.6 is 0 Å². The zero-order valence-electron chi connectivity index (χ0n) is 11.7. The highest BCUT2D eigenvalue weighted by Gasteiger charge is 2.23. The Labute approximate surface area is 121 Å². The molecule has 1 aromatic heterocycles. The number of aromatic nitrogens is 2. The number of hydrogen-bond acceptors (Lipinski definition) is 4. The van der Waals surface area contributed by atoms with Crippen molar-refractivity contribution in [2.24, 2.45) is 0 Å². The molecule has 0 saturated carbocycles. The van der Waals surface area contributed by atoms with Gasteiger partial charge in [-0.1, -0.05) is 30.3 Å². The second-order valence-corrected chi connectivity index (χ2v) is 4.64. The van der Waals surface area contributed by atoms with Gasteiger partial charge in [0.25, 0.3) is 5.91 Å². The zero-order valence-corrected chi connectivity index (χ0v) is 11.7. The Morgan fingerprint density at radius 2 is 1.81 bits per heavy atom. The number of rotatable bonds is 4. The fraction of sp³-hybridized carbons (Fsp3) is 0.200. The van der Waals surface area contributed by atoms with Gasteiger partial charge in [-0.15, -0.1) is 0 Å². The molecule has 0 saturated heterocycles. The molecule has 0 spiro atoms. The van der Waals surface area contributed by atoms with Gasteiger partial charge < -0.3 is 10.4 Å². The number of nitrogens with zero attached hydrogens (tertiary/aromatic N) is 2. The van der Waals surface area contributed by atoms with Crippen molar-refractivity contribution in [3.05, 3.63) is 58.9 Å². The summed E-state index contributed by atoms with van der Waals surface area (Å²) in [5.74, 6) is -1.60. The van der Waals surface area contributed by atoms with E-state index in [2.05, 4.69) is 15.5 Å². The molecule has 2 N–H and O–H groups in total. The van der Waals surface area contributed by atoms with Crippen molar-refractivity contribution in [2.45, 2.75) is 19.9 Å². The average molecular weight is 285 g/mol. The first kappa shape index (κ1) is 14.6. The van der Waals surface area contributed by atoms with Crippen LogP contribution in [0.3, 0.4) is 0 Å². The lowest BCUT2D eigenvalue weighted by molar-refractivity contribution is -0.139. The van der Waals surface area contributed by atoms with E-state index in [1.165, 1.54) is 0 Å². The third kappa shape index (κ3) is 3.42. The molecule has 0 fully saturated rings. The van der Waals surface area contributed by atoms with Crippen LogP contribution in [0.4, 0.5) is 0 Å². The summed E-state index contributed by atoms with van der Waals surface area (Å²) in [6.45, 7) is 3.37. The van der Waals surface area contributed by atoms with Crippen LogP contribution in [-0.2, 0) is 4.79 Å². The fourth-order valence-electron chi connectivity index (χ4n) is 1.92. The van der Waals surface area contributed by atoms with Gasteiger partial charge in [0.05, 0.1) is 17.0 Å². The first-order valence-corrected chi connectivity index (χ1v) is 6.38. The van der Waals surface area contributed by atoms with Crippen molar-refractivity contribution in [1.29, 1.82) is 0 Å². The van der Waals surface area contributed by atoms with Gasteiger partial charge in [-0.05, 0) is 25.5 Å². The summed E-state index contributed by atoms with van der Waals surface area (Å²) < 4.78 is 0. The van der Waals surface area contributed by atoms with Gasteiger partial charge in [0.1, 0.15) is 0 Å². The van der Waals surface area contributed by atoms with Crippen molar-refractivity contribution in [1.82, 2.24) is 15.5 Å². The van der Waals surface area contributed by atoms with Crippen LogP contribution in [0.15, 0.2) is 36.4 Å². The lowest BCUT2D eigenvalue weighted by Gasteiger charge is -2.15. The molecule has 108 valence electrons. The van der Waals surface area contributed by atoms with E-state index >= 15 is 0 Å². The number of aliphatic carboxylic acids is 1. The first-order valence-electron chi connectivity index (χ1n) is 6.38. The molecule has 1 atom stereocenters. The molecule has 0 aliphatic rings. The highest BCUT2D eigenvalue weighted by Crippen LogP contribution is 2.14. The van der Waals surface area contributed by atoms with Crippen molar-refractivity contribution < 1.29 is 14.7 Å². The van der Waals surface area contributed by atoms with E-state index < -0.39 is 17.9 Å². The van der Waals surface area contributed by atoms with Gasteiger partial charge in [-0.25, -0.2) is 4.79 Å². The van der Waals surface area contributed by atoms with Crippen molar-refractivity contribution in [3.8, 4) is 0 Å². The lowest BCUT2D eigenvalue weighted by atomic mass is 10.1. The second kappa shape index (κ2) is 6.13. The summed E-state index contributed by atoms with van der Waals surface area (Å²) in [5, 5.41) is 19.5. The summed E-state index contributed by atoms with van der Waals surface area (Å²) in [5.41, 5.74) is 1.88. The maximum atomic E-state index is 12.3. The molecular weight excluding hydrogens is 270 g/mol. The van der Waals surface area contributed by atoms with Gasteiger partial charge in [-0.3, -0.25) is 4.79 Å². The van der Waals surface area contributed by atoms with Crippen LogP contribution in [0.5, 0.6) is 0 Å². The molecule has 6 nitrogen and oxygen atoms in total. The Morgan fingerprint density at radius 1 is 1.14 bits per heavy atom. The third-order valence-electron chi connectivity index (χ3n) is 3.00. The second-order valence-electron chi connectivity index (χ2n) is 4.64. The van der Waals surface area contributed by atoms with E-state index in [0.717, 1.165) is 0 Å². The Morgan fingerprint density at radius 3 is 2.43 bits per heavy atom. The number of carboxylic acids is 1. The molecule has 2 aromatic rings.